The van der Waals surface area contributed by atoms with Gasteiger partial charge in [-0.25, -0.2) is 9.78 Å². The van der Waals surface area contributed by atoms with Crippen molar-refractivity contribution in [3.63, 3.8) is 0 Å². The SMILES string of the molecule is COC(=O)c1cccc(NC(=O)Cc2sc(-c3ccc(C)cc3)nc2C)c1. The van der Waals surface area contributed by atoms with Crippen molar-refractivity contribution in [2.75, 3.05) is 12.4 Å². The van der Waals surface area contributed by atoms with Gasteiger partial charge in [0.1, 0.15) is 5.01 Å². The Morgan fingerprint density at radius 2 is 1.85 bits per heavy atom. The molecule has 0 bridgehead atoms. The number of hydrogen-bond acceptors (Lipinski definition) is 5. The minimum absolute atomic E-state index is 0.153. The van der Waals surface area contributed by atoms with Gasteiger partial charge in [0.2, 0.25) is 5.91 Å². The molecule has 0 radical (unpaired) electrons. The minimum atomic E-state index is -0.438. The number of ether oxygens (including phenoxy) is 1. The van der Waals surface area contributed by atoms with Crippen LogP contribution < -0.4 is 5.32 Å². The standard InChI is InChI=1S/C21H20N2O3S/c1-13-7-9-15(10-8-13)20-22-14(2)18(27-20)12-19(24)23-17-6-4-5-16(11-17)21(25)26-3/h4-11H,12H2,1-3H3,(H,23,24). The number of benzene rings is 2. The fourth-order valence-corrected chi connectivity index (χ4v) is 3.67. The summed E-state index contributed by atoms with van der Waals surface area (Å²) in [6.07, 6.45) is 0.234. The van der Waals surface area contributed by atoms with Crippen LogP contribution in [0, 0.1) is 13.8 Å². The van der Waals surface area contributed by atoms with Gasteiger partial charge >= 0.3 is 5.97 Å². The number of amides is 1. The molecule has 5 nitrogen and oxygen atoms in total. The second-order valence-electron chi connectivity index (χ2n) is 6.19. The van der Waals surface area contributed by atoms with E-state index in [4.69, 9.17) is 4.74 Å². The van der Waals surface area contributed by atoms with Gasteiger partial charge in [0.15, 0.2) is 0 Å². The van der Waals surface area contributed by atoms with Crippen molar-refractivity contribution in [2.24, 2.45) is 0 Å². The molecular weight excluding hydrogens is 360 g/mol. The van der Waals surface area contributed by atoms with Crippen molar-refractivity contribution >= 4 is 28.9 Å². The summed E-state index contributed by atoms with van der Waals surface area (Å²) in [7, 11) is 1.33. The van der Waals surface area contributed by atoms with Crippen molar-refractivity contribution in [1.82, 2.24) is 4.98 Å². The summed E-state index contributed by atoms with van der Waals surface area (Å²) in [6.45, 7) is 3.95. The van der Waals surface area contributed by atoms with Crippen LogP contribution in [0.2, 0.25) is 0 Å². The Morgan fingerprint density at radius 1 is 1.11 bits per heavy atom. The maximum atomic E-state index is 12.4. The molecule has 0 aliphatic heterocycles. The van der Waals surface area contributed by atoms with Crippen LogP contribution in [0.25, 0.3) is 10.6 Å². The van der Waals surface area contributed by atoms with Crippen molar-refractivity contribution in [2.45, 2.75) is 20.3 Å². The fraction of sp³-hybridized carbons (Fsp3) is 0.190. The zero-order chi connectivity index (χ0) is 19.4. The van der Waals surface area contributed by atoms with Gasteiger partial charge in [-0.1, -0.05) is 35.9 Å². The van der Waals surface area contributed by atoms with Gasteiger partial charge in [0.25, 0.3) is 0 Å². The third-order valence-corrected chi connectivity index (χ3v) is 5.29. The molecule has 3 aromatic rings. The first-order valence-corrected chi connectivity index (χ1v) is 9.29. The van der Waals surface area contributed by atoms with Crippen LogP contribution in [-0.2, 0) is 16.0 Å². The number of nitrogens with one attached hydrogen (secondary N) is 1. The summed E-state index contributed by atoms with van der Waals surface area (Å²) < 4.78 is 4.70. The number of thiazole rings is 1. The van der Waals surface area contributed by atoms with Crippen LogP contribution in [0.5, 0.6) is 0 Å². The van der Waals surface area contributed by atoms with Crippen LogP contribution >= 0.6 is 11.3 Å². The summed E-state index contributed by atoms with van der Waals surface area (Å²) in [5.74, 6) is -0.591. The molecule has 1 N–H and O–H groups in total. The average Bonchev–Trinajstić information content (AvgIpc) is 3.02. The zero-order valence-corrected chi connectivity index (χ0v) is 16.2. The van der Waals surface area contributed by atoms with E-state index in [2.05, 4.69) is 10.3 Å². The molecular formula is C21H20N2O3S. The molecule has 0 atom stereocenters. The van der Waals surface area contributed by atoms with Gasteiger partial charge in [-0.15, -0.1) is 11.3 Å². The van der Waals surface area contributed by atoms with Crippen molar-refractivity contribution < 1.29 is 14.3 Å². The number of aromatic nitrogens is 1. The molecule has 0 unspecified atom stereocenters. The number of carbonyl (C=O) groups excluding carboxylic acids is 2. The number of rotatable bonds is 5. The van der Waals surface area contributed by atoms with Gasteiger partial charge in [0, 0.05) is 16.1 Å². The van der Waals surface area contributed by atoms with Crippen molar-refractivity contribution in [3.05, 3.63) is 70.2 Å². The third-order valence-electron chi connectivity index (χ3n) is 4.08. The van der Waals surface area contributed by atoms with Gasteiger partial charge in [0.05, 0.1) is 24.8 Å². The first-order valence-electron chi connectivity index (χ1n) is 8.48. The number of carbonyl (C=O) groups is 2. The summed E-state index contributed by atoms with van der Waals surface area (Å²) in [4.78, 5) is 29.6. The molecule has 0 saturated carbocycles. The van der Waals surface area contributed by atoms with E-state index in [9.17, 15) is 9.59 Å². The maximum absolute atomic E-state index is 12.4. The molecule has 0 spiro atoms. The van der Waals surface area contributed by atoms with Gasteiger partial charge < -0.3 is 10.1 Å². The summed E-state index contributed by atoms with van der Waals surface area (Å²) >= 11 is 1.52. The number of anilines is 1. The lowest BCUT2D eigenvalue weighted by Gasteiger charge is -2.06. The Kier molecular flexibility index (Phi) is 5.66. The van der Waals surface area contributed by atoms with Crippen LogP contribution in [0.4, 0.5) is 5.69 Å². The predicted molar refractivity (Wildman–Crippen MR) is 107 cm³/mol. The number of hydrogen-bond donors (Lipinski definition) is 1. The highest BCUT2D eigenvalue weighted by Crippen LogP contribution is 2.28. The maximum Gasteiger partial charge on any atom is 0.337 e. The van der Waals surface area contributed by atoms with Crippen molar-refractivity contribution in [3.8, 4) is 10.6 Å². The first-order chi connectivity index (χ1) is 13.0. The fourth-order valence-electron chi connectivity index (χ4n) is 2.60. The van der Waals surface area contributed by atoms with Gasteiger partial charge in [-0.05, 0) is 32.0 Å². The topological polar surface area (TPSA) is 68.3 Å². The Labute approximate surface area is 162 Å². The number of esters is 1. The molecule has 3 rings (SSSR count). The molecule has 1 amide bonds. The molecule has 0 aliphatic carbocycles. The summed E-state index contributed by atoms with van der Waals surface area (Å²) in [5, 5.41) is 3.73. The molecule has 1 heterocycles. The minimum Gasteiger partial charge on any atom is -0.465 e. The predicted octanol–water partition coefficient (Wildman–Crippen LogP) is 4.39. The van der Waals surface area contributed by atoms with Gasteiger partial charge in [-0.3, -0.25) is 4.79 Å². The quantitative estimate of drug-likeness (QED) is 0.667. The lowest BCUT2D eigenvalue weighted by atomic mass is 10.2. The van der Waals surface area contributed by atoms with Crippen LogP contribution in [0.15, 0.2) is 48.5 Å². The highest BCUT2D eigenvalue weighted by molar-refractivity contribution is 7.15. The van der Waals surface area contributed by atoms with Gasteiger partial charge in [-0.2, -0.15) is 0 Å². The van der Waals surface area contributed by atoms with E-state index in [-0.39, 0.29) is 12.3 Å². The number of methoxy groups -OCH3 is 1. The normalized spacial score (nSPS) is 10.5. The Hall–Kier alpha value is -2.99. The molecule has 27 heavy (non-hydrogen) atoms. The average molecular weight is 380 g/mol. The second-order valence-corrected chi connectivity index (χ2v) is 7.27. The van der Waals surface area contributed by atoms with E-state index in [1.165, 1.54) is 24.0 Å². The smallest absolute Gasteiger partial charge is 0.337 e. The third kappa shape index (κ3) is 4.60. The number of aryl methyl sites for hydroxylation is 2. The van der Waals surface area contributed by atoms with Crippen molar-refractivity contribution in [1.29, 1.82) is 0 Å². The number of nitrogens with zero attached hydrogens (tertiary/aromatic N) is 1. The zero-order valence-electron chi connectivity index (χ0n) is 15.4. The van der Waals surface area contributed by atoms with E-state index in [0.29, 0.717) is 11.3 Å². The van der Waals surface area contributed by atoms with E-state index in [1.807, 2.05) is 38.1 Å². The van der Waals surface area contributed by atoms with Crippen LogP contribution in [0.1, 0.15) is 26.5 Å². The highest BCUT2D eigenvalue weighted by atomic mass is 32.1. The first kappa shape index (κ1) is 18.8. The molecule has 0 aliphatic rings. The van der Waals surface area contributed by atoms with E-state index in [0.717, 1.165) is 21.1 Å². The summed E-state index contributed by atoms with van der Waals surface area (Å²) in [6, 6.07) is 14.9. The monoisotopic (exact) mass is 380 g/mol. The lowest BCUT2D eigenvalue weighted by Crippen LogP contribution is -2.14. The Morgan fingerprint density at radius 3 is 2.56 bits per heavy atom. The molecule has 0 fully saturated rings. The molecule has 1 aromatic heterocycles. The Balaban J connectivity index is 1.71. The van der Waals surface area contributed by atoms with Crippen LogP contribution in [-0.4, -0.2) is 24.0 Å². The van der Waals surface area contributed by atoms with E-state index >= 15 is 0 Å². The second kappa shape index (κ2) is 8.14. The van der Waals surface area contributed by atoms with Crippen LogP contribution in [0.3, 0.4) is 0 Å². The Bertz CT molecular complexity index is 977. The molecule has 2 aromatic carbocycles. The molecule has 0 saturated heterocycles. The van der Waals surface area contributed by atoms with E-state index < -0.39 is 5.97 Å². The van der Waals surface area contributed by atoms with E-state index in [1.54, 1.807) is 24.3 Å². The largest absolute Gasteiger partial charge is 0.465 e. The summed E-state index contributed by atoms with van der Waals surface area (Å²) in [5.41, 5.74) is 4.05. The molecule has 6 heteroatoms. The molecule has 138 valence electrons. The highest BCUT2D eigenvalue weighted by Gasteiger charge is 2.14. The lowest BCUT2D eigenvalue weighted by molar-refractivity contribution is -0.115.